The van der Waals surface area contributed by atoms with Crippen LogP contribution in [-0.4, -0.2) is 96.8 Å². The molecule has 0 aromatic carbocycles. The molecule has 2 aliphatic rings. The second kappa shape index (κ2) is 15.8. The summed E-state index contributed by atoms with van der Waals surface area (Å²) in [4.78, 5) is 50.9. The number of carbonyl (C=O) groups excluding carboxylic acids is 4. The number of amides is 4. The van der Waals surface area contributed by atoms with Crippen molar-refractivity contribution >= 4 is 34.1 Å². The van der Waals surface area contributed by atoms with Gasteiger partial charge in [-0.1, -0.05) is 13.8 Å². The number of hydrogen-bond acceptors (Lipinski definition) is 10. The molecule has 1 unspecified atom stereocenters. The number of hydrogen-bond donors (Lipinski definition) is 4. The minimum Gasteiger partial charge on any atom is -0.746 e. The van der Waals surface area contributed by atoms with Crippen molar-refractivity contribution in [2.24, 2.45) is 11.8 Å². The standard InChI is InChI=1S/C22H38N4O10S.Na/c1-4-35-22(31)26-9-6-15(7-10-26)36-21(30)25-16(11-13(2)3)19(28)24-17(20(29)37(32,33)34)12-14-5-8-23-18(14)27;/h13-17,20,29H,4-12H2,1-3H3,(H,23,27)(H,24,28)(H,25,30)(H,32,33,34);/q;+1/p-1/t14-,16-,17-,20?;/m0./s1. The summed E-state index contributed by atoms with van der Waals surface area (Å²) < 4.78 is 44.8. The molecule has 38 heavy (non-hydrogen) atoms. The Morgan fingerprint density at radius 1 is 1.18 bits per heavy atom. The molecule has 0 aromatic rings. The molecular weight excluding hydrogens is 535 g/mol. The van der Waals surface area contributed by atoms with Crippen LogP contribution in [-0.2, 0) is 29.2 Å². The van der Waals surface area contributed by atoms with Crippen molar-refractivity contribution in [3.05, 3.63) is 0 Å². The zero-order valence-corrected chi connectivity index (χ0v) is 25.1. The van der Waals surface area contributed by atoms with E-state index >= 15 is 0 Å². The number of likely N-dealkylation sites (tertiary alicyclic amines) is 1. The van der Waals surface area contributed by atoms with Crippen molar-refractivity contribution in [1.82, 2.24) is 20.9 Å². The number of nitrogens with zero attached hydrogens (tertiary/aromatic N) is 1. The largest absolute Gasteiger partial charge is 1.00 e. The molecule has 0 aliphatic carbocycles. The molecule has 4 N–H and O–H groups in total. The van der Waals surface area contributed by atoms with E-state index in [-0.39, 0.29) is 60.8 Å². The van der Waals surface area contributed by atoms with Gasteiger partial charge < -0.3 is 40.0 Å². The predicted octanol–water partition coefficient (Wildman–Crippen LogP) is -3.37. The molecule has 4 atom stereocenters. The molecule has 2 saturated heterocycles. The van der Waals surface area contributed by atoms with Crippen LogP contribution in [0.1, 0.15) is 52.9 Å². The van der Waals surface area contributed by atoms with E-state index in [1.807, 2.05) is 0 Å². The van der Waals surface area contributed by atoms with Crippen LogP contribution in [0.5, 0.6) is 0 Å². The SMILES string of the molecule is CCOC(=O)N1CCC(OC(=O)N[C@@H](CC(C)C)C(=O)N[C@@H](C[C@@H]2CCNC2=O)C(O)S(=O)(=O)[O-])CC1.[Na+]. The number of carbonyl (C=O) groups is 4. The van der Waals surface area contributed by atoms with Gasteiger partial charge in [0.25, 0.3) is 0 Å². The van der Waals surface area contributed by atoms with Crippen LogP contribution in [0, 0.1) is 11.8 Å². The van der Waals surface area contributed by atoms with Gasteiger partial charge in [0.05, 0.1) is 12.6 Å². The van der Waals surface area contributed by atoms with Gasteiger partial charge in [0.15, 0.2) is 5.44 Å². The fourth-order valence-electron chi connectivity index (χ4n) is 4.31. The summed E-state index contributed by atoms with van der Waals surface area (Å²) in [6, 6.07) is -2.71. The monoisotopic (exact) mass is 572 g/mol. The molecule has 2 rings (SSSR count). The van der Waals surface area contributed by atoms with Gasteiger partial charge in [-0.15, -0.1) is 0 Å². The van der Waals surface area contributed by atoms with E-state index in [9.17, 15) is 37.3 Å². The number of alkyl carbamates (subject to hydrolysis) is 1. The fraction of sp³-hybridized carbons (Fsp3) is 0.818. The van der Waals surface area contributed by atoms with E-state index in [1.54, 1.807) is 20.8 Å². The van der Waals surface area contributed by atoms with Crippen molar-refractivity contribution < 1.29 is 76.3 Å². The van der Waals surface area contributed by atoms with Crippen LogP contribution >= 0.6 is 0 Å². The number of piperidine rings is 1. The van der Waals surface area contributed by atoms with Gasteiger partial charge >= 0.3 is 41.7 Å². The van der Waals surface area contributed by atoms with Crippen molar-refractivity contribution in [2.75, 3.05) is 26.2 Å². The van der Waals surface area contributed by atoms with E-state index < -0.39 is 57.8 Å². The topological polar surface area (TPSA) is 203 Å². The van der Waals surface area contributed by atoms with Gasteiger partial charge in [-0.25, -0.2) is 18.0 Å². The van der Waals surface area contributed by atoms with Crippen molar-refractivity contribution in [2.45, 2.75) is 76.5 Å². The summed E-state index contributed by atoms with van der Waals surface area (Å²) in [7, 11) is -5.20. The molecule has 0 saturated carbocycles. The van der Waals surface area contributed by atoms with Crippen LogP contribution in [0.2, 0.25) is 0 Å². The molecule has 212 valence electrons. The summed E-state index contributed by atoms with van der Waals surface area (Å²) in [6.07, 6.45) is -0.804. The molecule has 4 amide bonds. The second-order valence-corrected chi connectivity index (χ2v) is 11.1. The van der Waals surface area contributed by atoms with E-state index in [1.165, 1.54) is 4.90 Å². The van der Waals surface area contributed by atoms with Crippen molar-refractivity contribution in [1.29, 1.82) is 0 Å². The summed E-state index contributed by atoms with van der Waals surface area (Å²) in [6.45, 7) is 6.59. The average molecular weight is 573 g/mol. The Bertz CT molecular complexity index is 927. The first-order valence-electron chi connectivity index (χ1n) is 12.4. The molecule has 2 aliphatic heterocycles. The number of nitrogens with one attached hydrogen (secondary N) is 3. The first-order chi connectivity index (χ1) is 17.3. The van der Waals surface area contributed by atoms with E-state index in [2.05, 4.69) is 16.0 Å². The van der Waals surface area contributed by atoms with Gasteiger partial charge in [-0.3, -0.25) is 9.59 Å². The fourth-order valence-corrected chi connectivity index (χ4v) is 4.89. The first kappa shape index (κ1) is 34.4. The molecule has 0 bridgehead atoms. The zero-order chi connectivity index (χ0) is 27.8. The normalized spacial score (nSPS) is 20.5. The molecule has 0 aromatic heterocycles. The summed E-state index contributed by atoms with van der Waals surface area (Å²) in [5.74, 6) is -1.96. The van der Waals surface area contributed by atoms with Crippen LogP contribution in [0.3, 0.4) is 0 Å². The third-order valence-corrected chi connectivity index (χ3v) is 7.15. The summed E-state index contributed by atoms with van der Waals surface area (Å²) in [5, 5.41) is 17.5. The first-order valence-corrected chi connectivity index (χ1v) is 13.9. The minimum atomic E-state index is -5.20. The molecule has 0 spiro atoms. The Balaban J connectivity index is 0.00000722. The molecule has 16 heteroatoms. The maximum atomic E-state index is 13.0. The number of aliphatic hydroxyl groups excluding tert-OH is 1. The maximum absolute atomic E-state index is 13.0. The third kappa shape index (κ3) is 10.8. The Morgan fingerprint density at radius 2 is 1.82 bits per heavy atom. The van der Waals surface area contributed by atoms with Gasteiger partial charge in [0.2, 0.25) is 11.8 Å². The Hall–Kier alpha value is -1.65. The minimum absolute atomic E-state index is 0. The van der Waals surface area contributed by atoms with E-state index in [0.29, 0.717) is 38.9 Å². The van der Waals surface area contributed by atoms with E-state index in [4.69, 9.17) is 9.47 Å². The number of rotatable bonds is 11. The molecule has 2 fully saturated rings. The Kier molecular flexibility index (Phi) is 14.3. The van der Waals surface area contributed by atoms with Gasteiger partial charge in [-0.05, 0) is 32.1 Å². The Labute approximate surface area is 245 Å². The zero-order valence-electron chi connectivity index (χ0n) is 22.3. The molecule has 0 radical (unpaired) electrons. The van der Waals surface area contributed by atoms with Crippen LogP contribution < -0.4 is 45.5 Å². The van der Waals surface area contributed by atoms with Gasteiger partial charge in [-0.2, -0.15) is 0 Å². The summed E-state index contributed by atoms with van der Waals surface area (Å²) in [5.41, 5.74) is -2.47. The quantitative estimate of drug-likeness (QED) is 0.143. The third-order valence-electron chi connectivity index (χ3n) is 6.23. The van der Waals surface area contributed by atoms with Crippen LogP contribution in [0.4, 0.5) is 9.59 Å². The van der Waals surface area contributed by atoms with Gasteiger partial charge in [0, 0.05) is 38.4 Å². The van der Waals surface area contributed by atoms with Crippen molar-refractivity contribution in [3.63, 3.8) is 0 Å². The molecular formula is C22H37N4NaO10S. The molecule has 14 nitrogen and oxygen atoms in total. The number of ether oxygens (including phenoxy) is 2. The predicted molar refractivity (Wildman–Crippen MR) is 128 cm³/mol. The maximum Gasteiger partial charge on any atom is 1.00 e. The average Bonchev–Trinajstić information content (AvgIpc) is 3.21. The molecule has 2 heterocycles. The van der Waals surface area contributed by atoms with Crippen molar-refractivity contribution in [3.8, 4) is 0 Å². The second-order valence-electron chi connectivity index (χ2n) is 9.63. The van der Waals surface area contributed by atoms with E-state index in [0.717, 1.165) is 0 Å². The Morgan fingerprint density at radius 3 is 2.32 bits per heavy atom. The smallest absolute Gasteiger partial charge is 0.746 e. The van der Waals surface area contributed by atoms with Crippen LogP contribution in [0.15, 0.2) is 0 Å². The summed E-state index contributed by atoms with van der Waals surface area (Å²) >= 11 is 0. The van der Waals surface area contributed by atoms with Gasteiger partial charge in [0.1, 0.15) is 22.3 Å². The van der Waals surface area contributed by atoms with Crippen LogP contribution in [0.25, 0.3) is 0 Å². The number of aliphatic hydroxyl groups is 1.